The van der Waals surface area contributed by atoms with Crippen LogP contribution >= 0.6 is 15.9 Å². The van der Waals surface area contributed by atoms with Crippen LogP contribution in [0.25, 0.3) is 0 Å². The summed E-state index contributed by atoms with van der Waals surface area (Å²) in [5.74, 6) is -0.297. The smallest absolute Gasteiger partial charge is 0.0734 e. The standard InChI is InChI=1S/C10H10BrNO/c11-10-3-1-2-8(5-10)4-9(6-12)7-13/h1-3,5,9,13H,4,7H2/t9-/m0/s1. The predicted molar refractivity (Wildman–Crippen MR) is 54.0 cm³/mol. The van der Waals surface area contributed by atoms with Crippen molar-refractivity contribution in [3.8, 4) is 6.07 Å². The van der Waals surface area contributed by atoms with E-state index in [-0.39, 0.29) is 12.5 Å². The van der Waals surface area contributed by atoms with Gasteiger partial charge in [0.15, 0.2) is 0 Å². The summed E-state index contributed by atoms with van der Waals surface area (Å²) < 4.78 is 1.000. The Hall–Kier alpha value is -0.850. The van der Waals surface area contributed by atoms with Gasteiger partial charge in [-0.3, -0.25) is 0 Å². The number of nitriles is 1. The van der Waals surface area contributed by atoms with Crippen LogP contribution in [0.3, 0.4) is 0 Å². The molecule has 1 aromatic carbocycles. The van der Waals surface area contributed by atoms with Gasteiger partial charge in [-0.2, -0.15) is 5.26 Å². The third-order valence-electron chi connectivity index (χ3n) is 1.77. The van der Waals surface area contributed by atoms with E-state index in [1.807, 2.05) is 24.3 Å². The van der Waals surface area contributed by atoms with Crippen LogP contribution in [-0.4, -0.2) is 11.7 Å². The number of aliphatic hydroxyl groups excluding tert-OH is 1. The third-order valence-corrected chi connectivity index (χ3v) is 2.27. The Balaban J connectivity index is 2.69. The van der Waals surface area contributed by atoms with Crippen molar-refractivity contribution in [3.05, 3.63) is 34.3 Å². The van der Waals surface area contributed by atoms with Gasteiger partial charge in [-0.05, 0) is 24.1 Å². The molecule has 0 radical (unpaired) electrons. The van der Waals surface area contributed by atoms with E-state index in [0.717, 1.165) is 10.0 Å². The van der Waals surface area contributed by atoms with E-state index in [1.54, 1.807) is 0 Å². The topological polar surface area (TPSA) is 44.0 Å². The van der Waals surface area contributed by atoms with Crippen molar-refractivity contribution in [1.29, 1.82) is 5.26 Å². The molecule has 1 atom stereocenters. The molecule has 0 spiro atoms. The fourth-order valence-electron chi connectivity index (χ4n) is 1.10. The second-order valence-electron chi connectivity index (χ2n) is 2.84. The van der Waals surface area contributed by atoms with Crippen LogP contribution < -0.4 is 0 Å². The van der Waals surface area contributed by atoms with Gasteiger partial charge in [-0.25, -0.2) is 0 Å². The summed E-state index contributed by atoms with van der Waals surface area (Å²) in [6, 6.07) is 9.82. The highest BCUT2D eigenvalue weighted by Gasteiger charge is 2.06. The summed E-state index contributed by atoms with van der Waals surface area (Å²) >= 11 is 3.35. The van der Waals surface area contributed by atoms with Gasteiger partial charge in [-0.15, -0.1) is 0 Å². The van der Waals surface area contributed by atoms with Crippen molar-refractivity contribution in [1.82, 2.24) is 0 Å². The molecule has 1 N–H and O–H groups in total. The lowest BCUT2D eigenvalue weighted by atomic mass is 10.0. The maximum Gasteiger partial charge on any atom is 0.0734 e. The third kappa shape index (κ3) is 3.17. The average molecular weight is 240 g/mol. The Bertz CT molecular complexity index is 319. The zero-order valence-electron chi connectivity index (χ0n) is 7.07. The molecular weight excluding hydrogens is 230 g/mol. The molecule has 0 unspecified atom stereocenters. The van der Waals surface area contributed by atoms with E-state index in [9.17, 15) is 0 Å². The predicted octanol–water partition coefficient (Wildman–Crippen LogP) is 2.12. The summed E-state index contributed by atoms with van der Waals surface area (Å²) in [5.41, 5.74) is 1.06. The number of hydrogen-bond acceptors (Lipinski definition) is 2. The average Bonchev–Trinajstić information content (AvgIpc) is 2.14. The summed E-state index contributed by atoms with van der Waals surface area (Å²) in [7, 11) is 0. The summed E-state index contributed by atoms with van der Waals surface area (Å²) in [5, 5.41) is 17.5. The fraction of sp³-hybridized carbons (Fsp3) is 0.300. The van der Waals surface area contributed by atoms with E-state index in [0.29, 0.717) is 6.42 Å². The number of aliphatic hydroxyl groups is 1. The molecule has 0 saturated heterocycles. The molecule has 0 aliphatic rings. The maximum absolute atomic E-state index is 8.82. The Morgan fingerprint density at radius 3 is 2.85 bits per heavy atom. The largest absolute Gasteiger partial charge is 0.395 e. The molecule has 0 fully saturated rings. The molecule has 0 saturated carbocycles. The van der Waals surface area contributed by atoms with Crippen molar-refractivity contribution < 1.29 is 5.11 Å². The van der Waals surface area contributed by atoms with Crippen LogP contribution in [-0.2, 0) is 6.42 Å². The first kappa shape index (κ1) is 10.2. The van der Waals surface area contributed by atoms with Gasteiger partial charge in [0.05, 0.1) is 18.6 Å². The summed E-state index contributed by atoms with van der Waals surface area (Å²) in [6.45, 7) is -0.0803. The van der Waals surface area contributed by atoms with Gasteiger partial charge in [0.1, 0.15) is 0 Å². The van der Waals surface area contributed by atoms with Gasteiger partial charge >= 0.3 is 0 Å². The van der Waals surface area contributed by atoms with Crippen LogP contribution in [0.5, 0.6) is 0 Å². The van der Waals surface area contributed by atoms with Crippen molar-refractivity contribution in [2.24, 2.45) is 5.92 Å². The Kier molecular flexibility index (Phi) is 3.94. The Morgan fingerprint density at radius 2 is 2.31 bits per heavy atom. The zero-order chi connectivity index (χ0) is 9.68. The number of hydrogen-bond donors (Lipinski definition) is 1. The van der Waals surface area contributed by atoms with Gasteiger partial charge in [-0.1, -0.05) is 28.1 Å². The van der Waals surface area contributed by atoms with Gasteiger partial charge in [0.25, 0.3) is 0 Å². The van der Waals surface area contributed by atoms with Gasteiger partial charge in [0.2, 0.25) is 0 Å². The first-order valence-electron chi connectivity index (χ1n) is 4.01. The number of benzene rings is 1. The molecule has 0 aromatic heterocycles. The van der Waals surface area contributed by atoms with Crippen molar-refractivity contribution >= 4 is 15.9 Å². The van der Waals surface area contributed by atoms with E-state index < -0.39 is 0 Å². The van der Waals surface area contributed by atoms with Crippen molar-refractivity contribution in [2.75, 3.05) is 6.61 Å². The first-order chi connectivity index (χ1) is 6.26. The minimum absolute atomic E-state index is 0.0803. The Morgan fingerprint density at radius 1 is 1.54 bits per heavy atom. The number of nitrogens with zero attached hydrogens (tertiary/aromatic N) is 1. The normalized spacial score (nSPS) is 12.1. The van der Waals surface area contributed by atoms with Crippen LogP contribution in [0.15, 0.2) is 28.7 Å². The minimum Gasteiger partial charge on any atom is -0.395 e. The lowest BCUT2D eigenvalue weighted by Crippen LogP contribution is -2.06. The van der Waals surface area contributed by atoms with Crippen LogP contribution in [0.2, 0.25) is 0 Å². The van der Waals surface area contributed by atoms with Crippen LogP contribution in [0.1, 0.15) is 5.56 Å². The first-order valence-corrected chi connectivity index (χ1v) is 4.80. The SMILES string of the molecule is N#C[C@@H](CO)Cc1cccc(Br)c1. The zero-order valence-corrected chi connectivity index (χ0v) is 8.66. The minimum atomic E-state index is -0.297. The second kappa shape index (κ2) is 5.00. The molecule has 0 aliphatic carbocycles. The quantitative estimate of drug-likeness (QED) is 0.879. The molecule has 1 rings (SSSR count). The molecule has 2 nitrogen and oxygen atoms in total. The second-order valence-corrected chi connectivity index (χ2v) is 3.76. The highest BCUT2D eigenvalue weighted by molar-refractivity contribution is 9.10. The molecule has 0 bridgehead atoms. The number of rotatable bonds is 3. The van der Waals surface area contributed by atoms with E-state index in [4.69, 9.17) is 10.4 Å². The molecule has 3 heteroatoms. The van der Waals surface area contributed by atoms with Crippen LogP contribution in [0, 0.1) is 17.2 Å². The highest BCUT2D eigenvalue weighted by Crippen LogP contribution is 2.14. The molecule has 68 valence electrons. The van der Waals surface area contributed by atoms with E-state index in [1.165, 1.54) is 0 Å². The van der Waals surface area contributed by atoms with Crippen LogP contribution in [0.4, 0.5) is 0 Å². The van der Waals surface area contributed by atoms with Crippen molar-refractivity contribution in [2.45, 2.75) is 6.42 Å². The monoisotopic (exact) mass is 239 g/mol. The lowest BCUT2D eigenvalue weighted by Gasteiger charge is -2.05. The van der Waals surface area contributed by atoms with E-state index in [2.05, 4.69) is 22.0 Å². The maximum atomic E-state index is 8.82. The molecular formula is C10H10BrNO. The Labute approximate surface area is 85.9 Å². The van der Waals surface area contributed by atoms with Crippen molar-refractivity contribution in [3.63, 3.8) is 0 Å². The molecule has 0 heterocycles. The highest BCUT2D eigenvalue weighted by atomic mass is 79.9. The molecule has 0 aliphatic heterocycles. The summed E-state index contributed by atoms with van der Waals surface area (Å²) in [4.78, 5) is 0. The summed E-state index contributed by atoms with van der Waals surface area (Å²) in [6.07, 6.45) is 0.604. The van der Waals surface area contributed by atoms with E-state index >= 15 is 0 Å². The molecule has 0 amide bonds. The van der Waals surface area contributed by atoms with Gasteiger partial charge in [0, 0.05) is 4.47 Å². The fourth-order valence-corrected chi connectivity index (χ4v) is 1.55. The molecule has 1 aromatic rings. The molecule has 13 heavy (non-hydrogen) atoms. The van der Waals surface area contributed by atoms with Gasteiger partial charge < -0.3 is 5.11 Å². The lowest BCUT2D eigenvalue weighted by molar-refractivity contribution is 0.255. The number of halogens is 1.